The molecule has 0 saturated heterocycles. The standard InChI is InChI=1S/C17H25NO3/c1-5-12-8-7-9-13(6-2)16(12)18-14(19)10-17(3,4)11-15(20)21/h7-9H,5-6,10-11H2,1-4H3,(H,18,19)(H,20,21). The van der Waals surface area contributed by atoms with E-state index in [9.17, 15) is 9.59 Å². The highest BCUT2D eigenvalue weighted by Gasteiger charge is 2.25. The predicted molar refractivity (Wildman–Crippen MR) is 84.5 cm³/mol. The summed E-state index contributed by atoms with van der Waals surface area (Å²) in [6.45, 7) is 7.71. The summed E-state index contributed by atoms with van der Waals surface area (Å²) in [4.78, 5) is 23.1. The second-order valence-electron chi connectivity index (χ2n) is 6.12. The maximum absolute atomic E-state index is 12.2. The fourth-order valence-electron chi connectivity index (χ4n) is 2.49. The number of carbonyl (C=O) groups excluding carboxylic acids is 1. The first-order valence-corrected chi connectivity index (χ1v) is 7.41. The maximum Gasteiger partial charge on any atom is 0.303 e. The zero-order valence-electron chi connectivity index (χ0n) is 13.3. The summed E-state index contributed by atoms with van der Waals surface area (Å²) in [5, 5.41) is 11.9. The molecule has 0 aliphatic rings. The molecule has 1 aromatic carbocycles. The van der Waals surface area contributed by atoms with E-state index in [0.717, 1.165) is 29.7 Å². The summed E-state index contributed by atoms with van der Waals surface area (Å²) >= 11 is 0. The lowest BCUT2D eigenvalue weighted by molar-refractivity contribution is -0.139. The quantitative estimate of drug-likeness (QED) is 0.806. The Labute approximate surface area is 126 Å². The lowest BCUT2D eigenvalue weighted by atomic mass is 9.85. The molecule has 0 aliphatic carbocycles. The van der Waals surface area contributed by atoms with Gasteiger partial charge in [0.25, 0.3) is 0 Å². The first-order valence-electron chi connectivity index (χ1n) is 7.41. The van der Waals surface area contributed by atoms with Gasteiger partial charge in [0.1, 0.15) is 0 Å². The van der Waals surface area contributed by atoms with E-state index in [0.29, 0.717) is 0 Å². The number of aliphatic carboxylic acids is 1. The number of rotatable bonds is 7. The topological polar surface area (TPSA) is 66.4 Å². The van der Waals surface area contributed by atoms with Crippen LogP contribution in [0, 0.1) is 5.41 Å². The lowest BCUT2D eigenvalue weighted by Gasteiger charge is -2.22. The van der Waals surface area contributed by atoms with Gasteiger partial charge in [0.15, 0.2) is 0 Å². The summed E-state index contributed by atoms with van der Waals surface area (Å²) in [6.07, 6.45) is 1.88. The minimum Gasteiger partial charge on any atom is -0.481 e. The van der Waals surface area contributed by atoms with Crippen molar-refractivity contribution in [2.45, 2.75) is 53.4 Å². The largest absolute Gasteiger partial charge is 0.481 e. The number of para-hydroxylation sites is 1. The van der Waals surface area contributed by atoms with Crippen LogP contribution in [-0.2, 0) is 22.4 Å². The predicted octanol–water partition coefficient (Wildman–Crippen LogP) is 3.64. The molecule has 0 saturated carbocycles. The van der Waals surface area contributed by atoms with E-state index in [1.807, 2.05) is 18.2 Å². The van der Waals surface area contributed by atoms with Gasteiger partial charge < -0.3 is 10.4 Å². The zero-order chi connectivity index (χ0) is 16.0. The molecule has 0 spiro atoms. The maximum atomic E-state index is 12.2. The van der Waals surface area contributed by atoms with Crippen LogP contribution in [0.15, 0.2) is 18.2 Å². The number of carboxylic acids is 1. The van der Waals surface area contributed by atoms with Crippen molar-refractivity contribution in [3.05, 3.63) is 29.3 Å². The zero-order valence-corrected chi connectivity index (χ0v) is 13.3. The molecule has 116 valence electrons. The summed E-state index contributed by atoms with van der Waals surface area (Å²) in [6, 6.07) is 6.02. The molecular weight excluding hydrogens is 266 g/mol. The number of aryl methyl sites for hydroxylation is 2. The molecule has 1 amide bonds. The van der Waals surface area contributed by atoms with Gasteiger partial charge in [0.2, 0.25) is 5.91 Å². The molecular formula is C17H25NO3. The molecule has 0 aliphatic heterocycles. The Morgan fingerprint density at radius 3 is 2.05 bits per heavy atom. The average Bonchev–Trinajstić information content (AvgIpc) is 2.36. The number of hydrogen-bond donors (Lipinski definition) is 2. The molecule has 0 fully saturated rings. The van der Waals surface area contributed by atoms with E-state index in [1.54, 1.807) is 13.8 Å². The molecule has 21 heavy (non-hydrogen) atoms. The van der Waals surface area contributed by atoms with Crippen molar-refractivity contribution < 1.29 is 14.7 Å². The van der Waals surface area contributed by atoms with Crippen LogP contribution in [-0.4, -0.2) is 17.0 Å². The van der Waals surface area contributed by atoms with Crippen LogP contribution in [0.4, 0.5) is 5.69 Å². The highest BCUT2D eigenvalue weighted by Crippen LogP contribution is 2.27. The molecule has 0 aromatic heterocycles. The fraction of sp³-hybridized carbons (Fsp3) is 0.529. The molecule has 0 atom stereocenters. The van der Waals surface area contributed by atoms with E-state index >= 15 is 0 Å². The molecule has 4 nitrogen and oxygen atoms in total. The van der Waals surface area contributed by atoms with Gasteiger partial charge in [-0.15, -0.1) is 0 Å². The number of carboxylic acid groups (broad SMARTS) is 1. The molecule has 1 rings (SSSR count). The van der Waals surface area contributed by atoms with Crippen molar-refractivity contribution in [3.63, 3.8) is 0 Å². The molecule has 2 N–H and O–H groups in total. The Balaban J connectivity index is 2.86. The van der Waals surface area contributed by atoms with Crippen molar-refractivity contribution in [1.29, 1.82) is 0 Å². The van der Waals surface area contributed by atoms with Crippen LogP contribution in [0.3, 0.4) is 0 Å². The van der Waals surface area contributed by atoms with Gasteiger partial charge in [-0.3, -0.25) is 9.59 Å². The third kappa shape index (κ3) is 5.21. The van der Waals surface area contributed by atoms with E-state index in [4.69, 9.17) is 5.11 Å². The van der Waals surface area contributed by atoms with Crippen molar-refractivity contribution >= 4 is 17.6 Å². The summed E-state index contributed by atoms with van der Waals surface area (Å²) < 4.78 is 0. The number of nitrogens with one attached hydrogen (secondary N) is 1. The minimum atomic E-state index is -0.879. The normalized spacial score (nSPS) is 11.2. The molecule has 0 radical (unpaired) electrons. The van der Waals surface area contributed by atoms with Gasteiger partial charge in [-0.05, 0) is 29.4 Å². The monoisotopic (exact) mass is 291 g/mol. The Hall–Kier alpha value is -1.84. The first kappa shape index (κ1) is 17.2. The van der Waals surface area contributed by atoms with Crippen molar-refractivity contribution in [2.75, 3.05) is 5.32 Å². The van der Waals surface area contributed by atoms with Crippen LogP contribution >= 0.6 is 0 Å². The SMILES string of the molecule is CCc1cccc(CC)c1NC(=O)CC(C)(C)CC(=O)O. The summed E-state index contributed by atoms with van der Waals surface area (Å²) in [7, 11) is 0. The van der Waals surface area contributed by atoms with Gasteiger partial charge in [-0.25, -0.2) is 0 Å². The second kappa shape index (κ2) is 7.25. The van der Waals surface area contributed by atoms with Crippen molar-refractivity contribution in [1.82, 2.24) is 0 Å². The number of benzene rings is 1. The van der Waals surface area contributed by atoms with Crippen LogP contribution in [0.2, 0.25) is 0 Å². The van der Waals surface area contributed by atoms with E-state index in [2.05, 4.69) is 19.2 Å². The Morgan fingerprint density at radius 2 is 1.62 bits per heavy atom. The molecule has 4 heteroatoms. The van der Waals surface area contributed by atoms with Crippen LogP contribution in [0.1, 0.15) is 51.7 Å². The van der Waals surface area contributed by atoms with Gasteiger partial charge in [-0.1, -0.05) is 45.9 Å². The number of carbonyl (C=O) groups is 2. The molecule has 0 unspecified atom stereocenters. The van der Waals surface area contributed by atoms with Crippen molar-refractivity contribution in [3.8, 4) is 0 Å². The van der Waals surface area contributed by atoms with E-state index in [-0.39, 0.29) is 18.7 Å². The fourth-order valence-corrected chi connectivity index (χ4v) is 2.49. The van der Waals surface area contributed by atoms with E-state index < -0.39 is 11.4 Å². The van der Waals surface area contributed by atoms with Gasteiger partial charge in [-0.2, -0.15) is 0 Å². The third-order valence-corrected chi connectivity index (χ3v) is 3.53. The van der Waals surface area contributed by atoms with Gasteiger partial charge in [0.05, 0.1) is 6.42 Å². The van der Waals surface area contributed by atoms with Crippen LogP contribution in [0.5, 0.6) is 0 Å². The number of anilines is 1. The highest BCUT2D eigenvalue weighted by molar-refractivity contribution is 5.93. The lowest BCUT2D eigenvalue weighted by Crippen LogP contribution is -2.25. The van der Waals surface area contributed by atoms with Gasteiger partial charge >= 0.3 is 5.97 Å². The summed E-state index contributed by atoms with van der Waals surface area (Å²) in [5.41, 5.74) is 2.56. The Kier molecular flexibility index (Phi) is 5.94. The summed E-state index contributed by atoms with van der Waals surface area (Å²) in [5.74, 6) is -1.01. The van der Waals surface area contributed by atoms with Crippen LogP contribution < -0.4 is 5.32 Å². The van der Waals surface area contributed by atoms with E-state index in [1.165, 1.54) is 0 Å². The molecule has 1 aromatic rings. The molecule has 0 bridgehead atoms. The second-order valence-corrected chi connectivity index (χ2v) is 6.12. The first-order chi connectivity index (χ1) is 9.79. The third-order valence-electron chi connectivity index (χ3n) is 3.53. The Bertz CT molecular complexity index is 499. The number of amides is 1. The Morgan fingerprint density at radius 1 is 1.10 bits per heavy atom. The number of hydrogen-bond acceptors (Lipinski definition) is 2. The van der Waals surface area contributed by atoms with Crippen molar-refractivity contribution in [2.24, 2.45) is 5.41 Å². The average molecular weight is 291 g/mol. The van der Waals surface area contributed by atoms with Crippen LogP contribution in [0.25, 0.3) is 0 Å². The highest BCUT2D eigenvalue weighted by atomic mass is 16.4. The smallest absolute Gasteiger partial charge is 0.303 e. The van der Waals surface area contributed by atoms with Gasteiger partial charge in [0, 0.05) is 12.1 Å². The minimum absolute atomic E-state index is 0.0174. The molecule has 0 heterocycles.